The Balaban J connectivity index is 2.02. The molecule has 1 amide bonds. The molecule has 2 N–H and O–H groups in total. The average Bonchev–Trinajstić information content (AvgIpc) is 2.74. The number of hydrogen-bond donors (Lipinski definition) is 2. The van der Waals surface area contributed by atoms with E-state index >= 15 is 0 Å². The van der Waals surface area contributed by atoms with Crippen LogP contribution < -0.4 is 15.4 Å². The summed E-state index contributed by atoms with van der Waals surface area (Å²) in [6, 6.07) is 12.9. The monoisotopic (exact) mass is 449 g/mol. The van der Waals surface area contributed by atoms with Crippen LogP contribution in [0.2, 0.25) is 0 Å². The molecule has 2 aromatic rings. The number of nitrogens with zero attached hydrogens (tertiary/aromatic N) is 1. The summed E-state index contributed by atoms with van der Waals surface area (Å²) in [5, 5.41) is 5.60. The number of nitrogens with one attached hydrogen (secondary N) is 2. The summed E-state index contributed by atoms with van der Waals surface area (Å²) in [6.07, 6.45) is 1.50. The smallest absolute Gasteiger partial charge is 0.257 e. The van der Waals surface area contributed by atoms with Gasteiger partial charge in [0.25, 0.3) is 5.91 Å². The fraction of sp³-hybridized carbons (Fsp3) is 0.333. The summed E-state index contributed by atoms with van der Waals surface area (Å²) in [7, 11) is -1.99. The predicted octanol–water partition coefficient (Wildman–Crippen LogP) is 3.63. The van der Waals surface area contributed by atoms with E-state index in [0.717, 1.165) is 12.8 Å². The summed E-state index contributed by atoms with van der Waals surface area (Å²) in [6.45, 7) is 4.87. The van der Waals surface area contributed by atoms with Crippen LogP contribution in [0, 0.1) is 0 Å². The molecule has 0 heterocycles. The van der Waals surface area contributed by atoms with Gasteiger partial charge in [0.05, 0.1) is 12.0 Å². The van der Waals surface area contributed by atoms with Gasteiger partial charge in [0.15, 0.2) is 5.11 Å². The summed E-state index contributed by atoms with van der Waals surface area (Å²) in [4.78, 5) is 12.5. The standard InChI is InChI=1S/C21H27N3O4S2/c1-4-14-24(15-5-2)30(26,27)19-12-8-17(9-13-19)22-21(29)23-20(25)16-6-10-18(28-3)11-7-16/h6-13H,4-5,14-15H2,1-3H3,(H2,22,23,25,29). The molecule has 0 bridgehead atoms. The molecule has 9 heteroatoms. The number of amides is 1. The van der Waals surface area contributed by atoms with Crippen LogP contribution in [0.15, 0.2) is 53.4 Å². The largest absolute Gasteiger partial charge is 0.497 e. The fourth-order valence-corrected chi connectivity index (χ4v) is 4.62. The SMILES string of the molecule is CCCN(CCC)S(=O)(=O)c1ccc(NC(=S)NC(=O)c2ccc(OC)cc2)cc1. The molecule has 0 saturated carbocycles. The highest BCUT2D eigenvalue weighted by Crippen LogP contribution is 2.19. The van der Waals surface area contributed by atoms with Crippen LogP contribution in [0.5, 0.6) is 5.75 Å². The number of carbonyl (C=O) groups excluding carboxylic acids is 1. The molecule has 162 valence electrons. The van der Waals surface area contributed by atoms with Crippen molar-refractivity contribution in [1.29, 1.82) is 0 Å². The molecule has 0 unspecified atom stereocenters. The Labute approximate surface area is 183 Å². The van der Waals surface area contributed by atoms with E-state index in [1.54, 1.807) is 43.5 Å². The van der Waals surface area contributed by atoms with Gasteiger partial charge < -0.3 is 10.1 Å². The van der Waals surface area contributed by atoms with Crippen LogP contribution in [0.1, 0.15) is 37.0 Å². The van der Waals surface area contributed by atoms with Crippen LogP contribution in [0.25, 0.3) is 0 Å². The molecule has 0 atom stereocenters. The van der Waals surface area contributed by atoms with Crippen molar-refractivity contribution in [1.82, 2.24) is 9.62 Å². The first kappa shape index (κ1) is 23.8. The molecule has 2 rings (SSSR count). The molecule has 7 nitrogen and oxygen atoms in total. The topological polar surface area (TPSA) is 87.7 Å². The van der Waals surface area contributed by atoms with E-state index in [2.05, 4.69) is 10.6 Å². The summed E-state index contributed by atoms with van der Waals surface area (Å²) in [5.41, 5.74) is 1.01. The summed E-state index contributed by atoms with van der Waals surface area (Å²) >= 11 is 5.18. The molecule has 0 fully saturated rings. The van der Waals surface area contributed by atoms with Crippen LogP contribution in [0.3, 0.4) is 0 Å². The van der Waals surface area contributed by atoms with Gasteiger partial charge in [-0.1, -0.05) is 13.8 Å². The van der Waals surface area contributed by atoms with Gasteiger partial charge in [-0.3, -0.25) is 10.1 Å². The highest BCUT2D eigenvalue weighted by Gasteiger charge is 2.22. The average molecular weight is 450 g/mol. The van der Waals surface area contributed by atoms with Gasteiger partial charge >= 0.3 is 0 Å². The van der Waals surface area contributed by atoms with E-state index in [1.807, 2.05) is 13.8 Å². The third kappa shape index (κ3) is 6.25. The van der Waals surface area contributed by atoms with Gasteiger partial charge in [0.1, 0.15) is 5.75 Å². The number of ether oxygens (including phenoxy) is 1. The Bertz CT molecular complexity index is 953. The van der Waals surface area contributed by atoms with Crippen molar-refractivity contribution in [2.45, 2.75) is 31.6 Å². The minimum absolute atomic E-state index is 0.116. The molecule has 0 aliphatic carbocycles. The Morgan fingerprint density at radius 3 is 2.07 bits per heavy atom. The van der Waals surface area contributed by atoms with E-state index < -0.39 is 10.0 Å². The number of rotatable bonds is 9. The summed E-state index contributed by atoms with van der Waals surface area (Å²) < 4.78 is 32.2. The number of anilines is 1. The van der Waals surface area contributed by atoms with Gasteiger partial charge in [-0.25, -0.2) is 8.42 Å². The molecule has 0 spiro atoms. The number of methoxy groups -OCH3 is 1. The Hall–Kier alpha value is -2.49. The number of sulfonamides is 1. The lowest BCUT2D eigenvalue weighted by Gasteiger charge is -2.21. The fourth-order valence-electron chi connectivity index (χ4n) is 2.79. The first-order chi connectivity index (χ1) is 14.3. The zero-order chi connectivity index (χ0) is 22.1. The minimum atomic E-state index is -3.54. The van der Waals surface area contributed by atoms with Crippen molar-refractivity contribution in [3.8, 4) is 5.75 Å². The van der Waals surface area contributed by atoms with Crippen molar-refractivity contribution < 1.29 is 17.9 Å². The van der Waals surface area contributed by atoms with Gasteiger partial charge in [-0.15, -0.1) is 0 Å². The van der Waals surface area contributed by atoms with E-state index in [-0.39, 0.29) is 15.9 Å². The normalized spacial score (nSPS) is 11.2. The van der Waals surface area contributed by atoms with E-state index in [4.69, 9.17) is 17.0 Å². The van der Waals surface area contributed by atoms with Crippen molar-refractivity contribution in [2.24, 2.45) is 0 Å². The molecule has 2 aromatic carbocycles. The summed E-state index contributed by atoms with van der Waals surface area (Å²) in [5.74, 6) is 0.294. The van der Waals surface area contributed by atoms with Crippen molar-refractivity contribution in [3.63, 3.8) is 0 Å². The maximum absolute atomic E-state index is 12.8. The van der Waals surface area contributed by atoms with Crippen molar-refractivity contribution >= 4 is 38.9 Å². The Morgan fingerprint density at radius 1 is 1.00 bits per heavy atom. The molecule has 0 saturated heterocycles. The van der Waals surface area contributed by atoms with Gasteiger partial charge in [-0.05, 0) is 73.6 Å². The number of benzene rings is 2. The Kier molecular flexibility index (Phi) is 8.76. The second-order valence-electron chi connectivity index (χ2n) is 6.57. The molecule has 0 aromatic heterocycles. The van der Waals surface area contributed by atoms with E-state index in [1.165, 1.54) is 16.4 Å². The zero-order valence-electron chi connectivity index (χ0n) is 17.3. The quantitative estimate of drug-likeness (QED) is 0.569. The molecule has 0 aliphatic rings. The predicted molar refractivity (Wildman–Crippen MR) is 122 cm³/mol. The number of thiocarbonyl (C=S) groups is 1. The first-order valence-electron chi connectivity index (χ1n) is 9.68. The minimum Gasteiger partial charge on any atom is -0.497 e. The lowest BCUT2D eigenvalue weighted by atomic mass is 10.2. The maximum Gasteiger partial charge on any atom is 0.257 e. The van der Waals surface area contributed by atoms with Crippen LogP contribution >= 0.6 is 12.2 Å². The van der Waals surface area contributed by atoms with E-state index in [9.17, 15) is 13.2 Å². The lowest BCUT2D eigenvalue weighted by molar-refractivity contribution is 0.0977. The van der Waals surface area contributed by atoms with Crippen molar-refractivity contribution in [3.05, 3.63) is 54.1 Å². The molecular weight excluding hydrogens is 422 g/mol. The zero-order valence-corrected chi connectivity index (χ0v) is 19.0. The molecule has 30 heavy (non-hydrogen) atoms. The molecule has 0 radical (unpaired) electrons. The van der Waals surface area contributed by atoms with Gasteiger partial charge in [0.2, 0.25) is 10.0 Å². The van der Waals surface area contributed by atoms with Crippen LogP contribution in [-0.2, 0) is 10.0 Å². The molecular formula is C21H27N3O4S2. The maximum atomic E-state index is 12.8. The van der Waals surface area contributed by atoms with Crippen LogP contribution in [-0.4, -0.2) is 43.9 Å². The van der Waals surface area contributed by atoms with Gasteiger partial charge in [-0.2, -0.15) is 4.31 Å². The molecule has 0 aliphatic heterocycles. The number of hydrogen-bond acceptors (Lipinski definition) is 5. The highest BCUT2D eigenvalue weighted by molar-refractivity contribution is 7.89. The third-order valence-electron chi connectivity index (χ3n) is 4.28. The first-order valence-corrected chi connectivity index (χ1v) is 11.5. The van der Waals surface area contributed by atoms with Crippen molar-refractivity contribution in [2.75, 3.05) is 25.5 Å². The van der Waals surface area contributed by atoms with Gasteiger partial charge in [0, 0.05) is 24.3 Å². The third-order valence-corrected chi connectivity index (χ3v) is 6.39. The second kappa shape index (κ2) is 11.1. The van der Waals surface area contributed by atoms with Crippen LogP contribution in [0.4, 0.5) is 5.69 Å². The highest BCUT2D eigenvalue weighted by atomic mass is 32.2. The second-order valence-corrected chi connectivity index (χ2v) is 8.91. The number of carbonyl (C=O) groups is 1. The Morgan fingerprint density at radius 2 is 1.57 bits per heavy atom. The lowest BCUT2D eigenvalue weighted by Crippen LogP contribution is -2.34. The van der Waals surface area contributed by atoms with E-state index in [0.29, 0.717) is 30.1 Å².